The maximum atomic E-state index is 12.0. The molecule has 0 spiro atoms. The lowest BCUT2D eigenvalue weighted by atomic mass is 10.2. The van der Waals surface area contributed by atoms with Crippen LogP contribution in [0.2, 0.25) is 0 Å². The highest BCUT2D eigenvalue weighted by molar-refractivity contribution is 7.86. The molecule has 0 aliphatic heterocycles. The summed E-state index contributed by atoms with van der Waals surface area (Å²) in [4.78, 5) is 28.4. The van der Waals surface area contributed by atoms with Crippen molar-refractivity contribution in [1.82, 2.24) is 29.9 Å². The average Bonchev–Trinajstić information content (AvgIpc) is 2.64. The van der Waals surface area contributed by atoms with Crippen LogP contribution < -0.4 is 9.80 Å². The Bertz CT molecular complexity index is 1180. The number of rotatable bonds is 5. The smallest absolute Gasteiger partial charge is 0.296 e. The van der Waals surface area contributed by atoms with Gasteiger partial charge in [0, 0.05) is 19.8 Å². The van der Waals surface area contributed by atoms with E-state index >= 15 is 0 Å². The lowest BCUT2D eigenvalue weighted by molar-refractivity contribution is 0.483. The largest absolute Gasteiger partial charge is 0.313 e. The predicted molar refractivity (Wildman–Crippen MR) is 111 cm³/mol. The van der Waals surface area contributed by atoms with Gasteiger partial charge in [0.1, 0.15) is 28.2 Å². The Labute approximate surface area is 174 Å². The maximum absolute atomic E-state index is 12.0. The van der Waals surface area contributed by atoms with Crippen LogP contribution in [0.25, 0.3) is 0 Å². The number of hydrogen-bond donors (Lipinski definition) is 1. The van der Waals surface area contributed by atoms with Crippen LogP contribution >= 0.6 is 0 Å². The molecule has 0 atom stereocenters. The van der Waals surface area contributed by atoms with Crippen molar-refractivity contribution in [2.24, 2.45) is 0 Å². The third-order valence-corrected chi connectivity index (χ3v) is 5.16. The average molecular weight is 430 g/mol. The van der Waals surface area contributed by atoms with Crippen LogP contribution in [0.4, 0.5) is 23.3 Å². The molecule has 0 fully saturated rings. The summed E-state index contributed by atoms with van der Waals surface area (Å²) in [6.07, 6.45) is 0. The number of hydrogen-bond acceptors (Lipinski definition) is 10. The van der Waals surface area contributed by atoms with Crippen molar-refractivity contribution < 1.29 is 13.0 Å². The van der Waals surface area contributed by atoms with Crippen molar-refractivity contribution in [2.75, 3.05) is 23.9 Å². The molecule has 2 heterocycles. The standard InChI is InChI=1S/C18H22N8O3S/c1-10-19-11(2)22-17(21-10)25(5)14-7-8-16(30(27,28)29)15(9-14)26(6)18-23-12(3)20-13(4)24-18/h7-9H,1-6H3,(H,27,28,29). The number of benzene rings is 1. The Balaban J connectivity index is 2.15. The summed E-state index contributed by atoms with van der Waals surface area (Å²) in [6.45, 7) is 6.95. The summed E-state index contributed by atoms with van der Waals surface area (Å²) in [5.41, 5.74) is 0.783. The maximum Gasteiger partial charge on any atom is 0.296 e. The van der Waals surface area contributed by atoms with Crippen molar-refractivity contribution >= 4 is 33.4 Å². The van der Waals surface area contributed by atoms with Gasteiger partial charge in [-0.3, -0.25) is 4.55 Å². The summed E-state index contributed by atoms with van der Waals surface area (Å²) in [7, 11) is -1.14. The zero-order valence-corrected chi connectivity index (χ0v) is 18.3. The molecule has 0 aliphatic rings. The van der Waals surface area contributed by atoms with E-state index in [2.05, 4.69) is 29.9 Å². The van der Waals surface area contributed by atoms with Crippen LogP contribution in [0.15, 0.2) is 23.1 Å². The Morgan fingerprint density at radius 2 is 1.17 bits per heavy atom. The van der Waals surface area contributed by atoms with E-state index in [-0.39, 0.29) is 16.5 Å². The molecule has 1 aromatic carbocycles. The van der Waals surface area contributed by atoms with Crippen LogP contribution in [0.3, 0.4) is 0 Å². The first kappa shape index (κ1) is 21.5. The third kappa shape index (κ3) is 4.49. The van der Waals surface area contributed by atoms with E-state index in [1.165, 1.54) is 11.0 Å². The lowest BCUT2D eigenvalue weighted by Gasteiger charge is -2.23. The van der Waals surface area contributed by atoms with Gasteiger partial charge >= 0.3 is 0 Å². The van der Waals surface area contributed by atoms with Gasteiger partial charge in [-0.2, -0.15) is 28.4 Å². The van der Waals surface area contributed by atoms with Gasteiger partial charge in [-0.15, -0.1) is 0 Å². The van der Waals surface area contributed by atoms with Crippen molar-refractivity contribution in [3.8, 4) is 0 Å². The van der Waals surface area contributed by atoms with Gasteiger partial charge in [0.15, 0.2) is 0 Å². The third-order valence-electron chi connectivity index (χ3n) is 4.26. The molecule has 2 aromatic heterocycles. The summed E-state index contributed by atoms with van der Waals surface area (Å²) in [5, 5.41) is 0. The second-order valence-electron chi connectivity index (χ2n) is 6.70. The Hall–Kier alpha value is -3.25. The van der Waals surface area contributed by atoms with Gasteiger partial charge in [-0.1, -0.05) is 0 Å². The SMILES string of the molecule is Cc1nc(C)nc(N(C)c2ccc(S(=O)(=O)O)c(N(C)c3nc(C)nc(C)n3)c2)n1. The van der Waals surface area contributed by atoms with Gasteiger partial charge in [0.2, 0.25) is 11.9 Å². The van der Waals surface area contributed by atoms with Crippen LogP contribution in [-0.2, 0) is 10.1 Å². The normalized spacial score (nSPS) is 11.4. The molecule has 0 amide bonds. The molecule has 0 saturated carbocycles. The zero-order valence-electron chi connectivity index (χ0n) is 17.5. The van der Waals surface area contributed by atoms with Crippen LogP contribution in [0.5, 0.6) is 0 Å². The minimum atomic E-state index is -4.50. The summed E-state index contributed by atoms with van der Waals surface area (Å²) < 4.78 is 33.7. The van der Waals surface area contributed by atoms with E-state index < -0.39 is 10.1 Å². The first-order valence-corrected chi connectivity index (χ1v) is 10.4. The van der Waals surface area contributed by atoms with Gasteiger partial charge in [0.05, 0.1) is 5.69 Å². The predicted octanol–water partition coefficient (Wildman–Crippen LogP) is 2.07. The molecule has 3 rings (SSSR count). The summed E-state index contributed by atoms with van der Waals surface area (Å²) in [6, 6.07) is 4.46. The summed E-state index contributed by atoms with van der Waals surface area (Å²) in [5.74, 6) is 2.75. The highest BCUT2D eigenvalue weighted by Gasteiger charge is 2.23. The molecule has 0 saturated heterocycles. The molecule has 3 aromatic rings. The number of aromatic nitrogens is 6. The first-order chi connectivity index (χ1) is 14.0. The molecule has 0 unspecified atom stereocenters. The van der Waals surface area contributed by atoms with Crippen molar-refractivity contribution in [3.05, 3.63) is 41.5 Å². The topological polar surface area (TPSA) is 138 Å². The van der Waals surface area contributed by atoms with E-state index in [1.54, 1.807) is 58.8 Å². The second-order valence-corrected chi connectivity index (χ2v) is 8.09. The van der Waals surface area contributed by atoms with E-state index in [9.17, 15) is 13.0 Å². The highest BCUT2D eigenvalue weighted by Crippen LogP contribution is 2.33. The Morgan fingerprint density at radius 1 is 0.733 bits per heavy atom. The minimum absolute atomic E-state index is 0.189. The highest BCUT2D eigenvalue weighted by atomic mass is 32.2. The molecule has 0 bridgehead atoms. The fourth-order valence-electron chi connectivity index (χ4n) is 2.92. The molecule has 0 radical (unpaired) electrons. The van der Waals surface area contributed by atoms with Gasteiger partial charge in [-0.25, -0.2) is 9.97 Å². The van der Waals surface area contributed by atoms with Gasteiger partial charge in [-0.05, 0) is 45.9 Å². The van der Waals surface area contributed by atoms with E-state index in [0.29, 0.717) is 34.9 Å². The van der Waals surface area contributed by atoms with Crippen LogP contribution in [0.1, 0.15) is 23.3 Å². The molecule has 1 N–H and O–H groups in total. The van der Waals surface area contributed by atoms with Crippen molar-refractivity contribution in [1.29, 1.82) is 0 Å². The molecule has 30 heavy (non-hydrogen) atoms. The van der Waals surface area contributed by atoms with Crippen LogP contribution in [-0.4, -0.2) is 57.0 Å². The first-order valence-electron chi connectivity index (χ1n) is 8.93. The van der Waals surface area contributed by atoms with Crippen molar-refractivity contribution in [2.45, 2.75) is 32.6 Å². The molecule has 0 aliphatic carbocycles. The monoisotopic (exact) mass is 430 g/mol. The molecule has 12 heteroatoms. The quantitative estimate of drug-likeness (QED) is 0.595. The fourth-order valence-corrected chi connectivity index (χ4v) is 3.62. The molecular formula is C18H22N8O3S. The lowest BCUT2D eigenvalue weighted by Crippen LogP contribution is -2.20. The molecule has 11 nitrogen and oxygen atoms in total. The van der Waals surface area contributed by atoms with Crippen LogP contribution in [0, 0.1) is 27.7 Å². The number of nitrogens with zero attached hydrogens (tertiary/aromatic N) is 8. The van der Waals surface area contributed by atoms with E-state index in [1.807, 2.05) is 0 Å². The van der Waals surface area contributed by atoms with Gasteiger partial charge < -0.3 is 9.80 Å². The Kier molecular flexibility index (Phi) is 5.63. The Morgan fingerprint density at radius 3 is 1.60 bits per heavy atom. The number of aryl methyl sites for hydroxylation is 4. The number of anilines is 4. The van der Waals surface area contributed by atoms with Gasteiger partial charge in [0.25, 0.3) is 10.1 Å². The van der Waals surface area contributed by atoms with E-state index in [4.69, 9.17) is 0 Å². The van der Waals surface area contributed by atoms with Crippen molar-refractivity contribution in [3.63, 3.8) is 0 Å². The fraction of sp³-hybridized carbons (Fsp3) is 0.333. The zero-order chi connectivity index (χ0) is 22.2. The molecule has 158 valence electrons. The van der Waals surface area contributed by atoms with E-state index in [0.717, 1.165) is 0 Å². The minimum Gasteiger partial charge on any atom is -0.313 e. The second kappa shape index (κ2) is 7.88. The summed E-state index contributed by atoms with van der Waals surface area (Å²) >= 11 is 0. The molecular weight excluding hydrogens is 408 g/mol.